The van der Waals surface area contributed by atoms with Crippen molar-refractivity contribution in [2.75, 3.05) is 47.9 Å². The Morgan fingerprint density at radius 1 is 1.00 bits per heavy atom. The molecule has 1 amide bonds. The van der Waals surface area contributed by atoms with Crippen molar-refractivity contribution in [1.82, 2.24) is 9.36 Å². The van der Waals surface area contributed by atoms with E-state index in [1.165, 1.54) is 29.9 Å². The molecule has 0 unspecified atom stereocenters. The summed E-state index contributed by atoms with van der Waals surface area (Å²) in [7, 11) is -1.24. The van der Waals surface area contributed by atoms with Crippen molar-refractivity contribution in [3.63, 3.8) is 0 Å². The predicted molar refractivity (Wildman–Crippen MR) is 160 cm³/mol. The zero-order chi connectivity index (χ0) is 29.3. The maximum absolute atomic E-state index is 13.8. The summed E-state index contributed by atoms with van der Waals surface area (Å²) in [4.78, 5) is 28.8. The molecule has 0 atom stereocenters. The van der Waals surface area contributed by atoms with Gasteiger partial charge < -0.3 is 15.0 Å². The zero-order valence-electron chi connectivity index (χ0n) is 22.9. The van der Waals surface area contributed by atoms with Gasteiger partial charge in [-0.25, -0.2) is 13.1 Å². The third kappa shape index (κ3) is 5.35. The quantitative estimate of drug-likeness (QED) is 0.346. The van der Waals surface area contributed by atoms with Crippen molar-refractivity contribution >= 4 is 44.6 Å². The van der Waals surface area contributed by atoms with E-state index in [1.807, 2.05) is 18.2 Å². The number of hydrogen-bond donors (Lipinski definition) is 1. The molecule has 214 valence electrons. The average molecular weight is 596 g/mol. The molecule has 0 spiro atoms. The van der Waals surface area contributed by atoms with Gasteiger partial charge in [-0.3, -0.25) is 18.6 Å². The molecule has 2 heterocycles. The van der Waals surface area contributed by atoms with E-state index in [0.29, 0.717) is 43.4 Å². The summed E-state index contributed by atoms with van der Waals surface area (Å²) < 4.78 is 36.9. The van der Waals surface area contributed by atoms with Crippen LogP contribution in [0.25, 0.3) is 5.69 Å². The van der Waals surface area contributed by atoms with Gasteiger partial charge in [0.05, 0.1) is 51.5 Å². The van der Waals surface area contributed by atoms with E-state index < -0.39 is 21.5 Å². The first-order valence-electron chi connectivity index (χ1n) is 13.0. The Balaban J connectivity index is 1.47. The Labute approximate surface area is 243 Å². The Hall–Kier alpha value is -4.06. The second kappa shape index (κ2) is 11.4. The summed E-state index contributed by atoms with van der Waals surface area (Å²) >= 11 is 6.38. The number of halogens is 1. The molecule has 1 saturated heterocycles. The highest BCUT2D eigenvalue weighted by Crippen LogP contribution is 2.30. The van der Waals surface area contributed by atoms with Gasteiger partial charge >= 0.3 is 0 Å². The van der Waals surface area contributed by atoms with Crippen LogP contribution in [0.15, 0.2) is 82.5 Å². The Morgan fingerprint density at radius 2 is 1.66 bits per heavy atom. The molecule has 0 aliphatic carbocycles. The number of ether oxygens (including phenoxy) is 1. The molecule has 4 aromatic rings. The van der Waals surface area contributed by atoms with Crippen LogP contribution in [0.1, 0.15) is 16.1 Å². The number of rotatable bonds is 7. The third-order valence-electron chi connectivity index (χ3n) is 7.18. The third-order valence-corrected chi connectivity index (χ3v) is 9.27. The summed E-state index contributed by atoms with van der Waals surface area (Å²) in [5, 5.41) is 2.97. The second-order valence-corrected chi connectivity index (χ2v) is 12.0. The SMILES string of the molecule is Cc1c(N(C)S(=O)(=O)c2ccc(Cl)c(C(=O)Nc3ccccc3N3CCOCC3)c2)c(=O)n(-c2ccccc2)n1C. The van der Waals surface area contributed by atoms with E-state index in [2.05, 4.69) is 10.2 Å². The minimum absolute atomic E-state index is 0.00302. The van der Waals surface area contributed by atoms with E-state index in [1.54, 1.807) is 55.1 Å². The fourth-order valence-electron chi connectivity index (χ4n) is 4.88. The van der Waals surface area contributed by atoms with Crippen LogP contribution < -0.4 is 20.1 Å². The Morgan fingerprint density at radius 3 is 2.37 bits per heavy atom. The molecule has 1 N–H and O–H groups in total. The summed E-state index contributed by atoms with van der Waals surface area (Å²) in [6, 6.07) is 20.2. The summed E-state index contributed by atoms with van der Waals surface area (Å²) in [5.74, 6) is -0.558. The lowest BCUT2D eigenvalue weighted by Gasteiger charge is -2.30. The molecular weight excluding hydrogens is 566 g/mol. The average Bonchev–Trinajstić information content (AvgIpc) is 3.20. The first-order valence-corrected chi connectivity index (χ1v) is 14.8. The number of sulfonamides is 1. The zero-order valence-corrected chi connectivity index (χ0v) is 24.4. The molecule has 0 saturated carbocycles. The maximum atomic E-state index is 13.8. The number of aromatic nitrogens is 2. The van der Waals surface area contributed by atoms with Crippen molar-refractivity contribution in [3.05, 3.63) is 99.4 Å². The monoisotopic (exact) mass is 595 g/mol. The van der Waals surface area contributed by atoms with E-state index >= 15 is 0 Å². The van der Waals surface area contributed by atoms with Crippen molar-refractivity contribution in [1.29, 1.82) is 0 Å². The van der Waals surface area contributed by atoms with Crippen LogP contribution in [-0.2, 0) is 21.8 Å². The van der Waals surface area contributed by atoms with Crippen LogP contribution in [-0.4, -0.2) is 57.0 Å². The van der Waals surface area contributed by atoms with Crippen LogP contribution in [0, 0.1) is 6.92 Å². The number of carbonyl (C=O) groups is 1. The lowest BCUT2D eigenvalue weighted by Crippen LogP contribution is -2.36. The molecule has 1 fully saturated rings. The normalized spacial score (nSPS) is 13.7. The first kappa shape index (κ1) is 28.5. The standard InChI is InChI=1S/C29H30ClN5O5S/c1-20-27(29(37)35(32(20)2)21-9-5-4-6-10-21)33(3)41(38,39)22-13-14-24(30)23(19-22)28(36)31-25-11-7-8-12-26(25)34-15-17-40-18-16-34/h4-14,19H,15-18H2,1-3H3,(H,31,36). The number of carbonyl (C=O) groups excluding carboxylic acids is 1. The van der Waals surface area contributed by atoms with Crippen LogP contribution >= 0.6 is 11.6 Å². The molecule has 1 aliphatic rings. The van der Waals surface area contributed by atoms with Gasteiger partial charge in [-0.1, -0.05) is 41.9 Å². The number of anilines is 3. The molecule has 1 aromatic heterocycles. The first-order chi connectivity index (χ1) is 19.6. The van der Waals surface area contributed by atoms with Gasteiger partial charge in [-0.15, -0.1) is 0 Å². The van der Waals surface area contributed by atoms with Gasteiger partial charge in [0.25, 0.3) is 21.5 Å². The highest BCUT2D eigenvalue weighted by atomic mass is 35.5. The molecule has 12 heteroatoms. The number of hydrogen-bond acceptors (Lipinski definition) is 6. The van der Waals surface area contributed by atoms with E-state index in [-0.39, 0.29) is 21.2 Å². The van der Waals surface area contributed by atoms with Gasteiger partial charge in [0.15, 0.2) is 0 Å². The number of benzene rings is 3. The Kier molecular flexibility index (Phi) is 7.94. The minimum Gasteiger partial charge on any atom is -0.378 e. The lowest BCUT2D eigenvalue weighted by atomic mass is 10.2. The van der Waals surface area contributed by atoms with Gasteiger partial charge in [-0.2, -0.15) is 0 Å². The Bertz CT molecular complexity index is 1760. The predicted octanol–water partition coefficient (Wildman–Crippen LogP) is 4.05. The number of nitrogens with one attached hydrogen (secondary N) is 1. The highest BCUT2D eigenvalue weighted by molar-refractivity contribution is 7.92. The van der Waals surface area contributed by atoms with Gasteiger partial charge in [0.1, 0.15) is 5.69 Å². The molecule has 1 aliphatic heterocycles. The van der Waals surface area contributed by atoms with E-state index in [9.17, 15) is 18.0 Å². The lowest BCUT2D eigenvalue weighted by molar-refractivity contribution is 0.102. The number of amides is 1. The number of nitrogens with zero attached hydrogens (tertiary/aromatic N) is 4. The van der Waals surface area contributed by atoms with Crippen LogP contribution in [0.5, 0.6) is 0 Å². The van der Waals surface area contributed by atoms with Gasteiger partial charge in [0.2, 0.25) is 0 Å². The molecule has 5 rings (SSSR count). The molecule has 0 radical (unpaired) electrons. The van der Waals surface area contributed by atoms with Gasteiger partial charge in [0, 0.05) is 27.2 Å². The van der Waals surface area contributed by atoms with Crippen LogP contribution in [0.3, 0.4) is 0 Å². The smallest absolute Gasteiger partial charge is 0.296 e. The van der Waals surface area contributed by atoms with Crippen molar-refractivity contribution in [3.8, 4) is 5.69 Å². The molecule has 10 nitrogen and oxygen atoms in total. The molecular formula is C29H30ClN5O5S. The molecule has 3 aromatic carbocycles. The molecule has 41 heavy (non-hydrogen) atoms. The second-order valence-electron chi connectivity index (χ2n) is 9.60. The summed E-state index contributed by atoms with van der Waals surface area (Å²) in [6.07, 6.45) is 0. The van der Waals surface area contributed by atoms with E-state index in [0.717, 1.165) is 9.99 Å². The number of para-hydroxylation sites is 3. The topological polar surface area (TPSA) is 106 Å². The largest absolute Gasteiger partial charge is 0.378 e. The number of morpholine rings is 1. The fraction of sp³-hybridized carbons (Fsp3) is 0.241. The van der Waals surface area contributed by atoms with Crippen molar-refractivity contribution in [2.45, 2.75) is 11.8 Å². The fourth-order valence-corrected chi connectivity index (χ4v) is 6.36. The van der Waals surface area contributed by atoms with E-state index in [4.69, 9.17) is 16.3 Å². The summed E-state index contributed by atoms with van der Waals surface area (Å²) in [5.41, 5.74) is 1.95. The minimum atomic E-state index is -4.25. The van der Waals surface area contributed by atoms with Crippen molar-refractivity contribution in [2.24, 2.45) is 7.05 Å². The van der Waals surface area contributed by atoms with Crippen LogP contribution in [0.2, 0.25) is 5.02 Å². The molecule has 0 bridgehead atoms. The highest BCUT2D eigenvalue weighted by Gasteiger charge is 2.30. The van der Waals surface area contributed by atoms with Crippen LogP contribution in [0.4, 0.5) is 17.1 Å². The van der Waals surface area contributed by atoms with Crippen molar-refractivity contribution < 1.29 is 17.9 Å². The maximum Gasteiger partial charge on any atom is 0.296 e. The van der Waals surface area contributed by atoms with Gasteiger partial charge in [-0.05, 0) is 49.4 Å². The summed E-state index contributed by atoms with van der Waals surface area (Å²) in [6.45, 7) is 4.20.